The molecule has 0 fully saturated rings. The van der Waals surface area contributed by atoms with E-state index in [1.165, 1.54) is 34.8 Å². The monoisotopic (exact) mass is 452 g/mol. The second-order valence-electron chi connectivity index (χ2n) is 6.74. The minimum Gasteiger partial charge on any atom is -0.493 e. The SMILES string of the molecule is COc1ccc(C(=O)CSc2nc3scc(-c4ccccc4)c3c(=O)n2C)cc1OC. The number of hydrogen-bond acceptors (Lipinski definition) is 7. The lowest BCUT2D eigenvalue weighted by atomic mass is 10.1. The molecule has 0 atom stereocenters. The number of nitrogens with zero attached hydrogens (tertiary/aromatic N) is 2. The number of carbonyl (C=O) groups is 1. The normalized spacial score (nSPS) is 10.9. The summed E-state index contributed by atoms with van der Waals surface area (Å²) in [6.07, 6.45) is 0. The highest BCUT2D eigenvalue weighted by Crippen LogP contribution is 2.32. The number of Topliss-reactive ketones (excluding diaryl/α,β-unsaturated/α-hetero) is 1. The molecule has 0 spiro atoms. The lowest BCUT2D eigenvalue weighted by Gasteiger charge is -2.10. The second kappa shape index (κ2) is 8.95. The van der Waals surface area contributed by atoms with Crippen LogP contribution in [0.5, 0.6) is 11.5 Å². The first kappa shape index (κ1) is 21.1. The van der Waals surface area contributed by atoms with Crippen molar-refractivity contribution in [3.8, 4) is 22.6 Å². The van der Waals surface area contributed by atoms with Gasteiger partial charge in [0, 0.05) is 23.6 Å². The van der Waals surface area contributed by atoms with Crippen LogP contribution in [0, 0.1) is 0 Å². The molecule has 0 aliphatic carbocycles. The molecule has 8 heteroatoms. The summed E-state index contributed by atoms with van der Waals surface area (Å²) >= 11 is 2.68. The van der Waals surface area contributed by atoms with Gasteiger partial charge in [0.25, 0.3) is 5.56 Å². The molecular weight excluding hydrogens is 432 g/mol. The van der Waals surface area contributed by atoms with Gasteiger partial charge in [-0.25, -0.2) is 4.98 Å². The molecule has 0 amide bonds. The smallest absolute Gasteiger partial charge is 0.263 e. The minimum atomic E-state index is -0.119. The molecule has 6 nitrogen and oxygen atoms in total. The zero-order chi connectivity index (χ0) is 22.0. The molecule has 0 aliphatic heterocycles. The molecule has 4 aromatic rings. The van der Waals surface area contributed by atoms with E-state index in [-0.39, 0.29) is 17.1 Å². The molecular formula is C23H20N2O4S2. The molecule has 0 N–H and O–H groups in total. The second-order valence-corrected chi connectivity index (χ2v) is 8.54. The van der Waals surface area contributed by atoms with Crippen molar-refractivity contribution >= 4 is 39.1 Å². The Hall–Kier alpha value is -3.10. The fraction of sp³-hybridized carbons (Fsp3) is 0.174. The molecule has 0 radical (unpaired) electrons. The highest BCUT2D eigenvalue weighted by atomic mass is 32.2. The molecule has 0 saturated carbocycles. The van der Waals surface area contributed by atoms with Gasteiger partial charge in [0.05, 0.1) is 25.4 Å². The summed E-state index contributed by atoms with van der Waals surface area (Å²) in [5.74, 6) is 1.12. The van der Waals surface area contributed by atoms with E-state index < -0.39 is 0 Å². The molecule has 31 heavy (non-hydrogen) atoms. The first-order chi connectivity index (χ1) is 15.0. The van der Waals surface area contributed by atoms with Crippen molar-refractivity contribution in [3.63, 3.8) is 0 Å². The summed E-state index contributed by atoms with van der Waals surface area (Å²) in [6.45, 7) is 0. The van der Waals surface area contributed by atoms with E-state index in [0.29, 0.717) is 32.4 Å². The Kier molecular flexibility index (Phi) is 6.11. The third kappa shape index (κ3) is 4.08. The Bertz CT molecular complexity index is 1310. The van der Waals surface area contributed by atoms with Crippen LogP contribution in [-0.4, -0.2) is 35.3 Å². The maximum absolute atomic E-state index is 13.1. The Morgan fingerprint density at radius 2 is 1.84 bits per heavy atom. The largest absolute Gasteiger partial charge is 0.493 e. The first-order valence-corrected chi connectivity index (χ1v) is 11.3. The molecule has 0 bridgehead atoms. The zero-order valence-electron chi connectivity index (χ0n) is 17.2. The number of benzene rings is 2. The number of aromatic nitrogens is 2. The van der Waals surface area contributed by atoms with E-state index >= 15 is 0 Å². The standard InChI is InChI=1S/C23H20N2O4S2/c1-25-22(27)20-16(14-7-5-4-6-8-14)12-30-21(20)24-23(25)31-13-17(26)15-9-10-18(28-2)19(11-15)29-3/h4-12H,13H2,1-3H3. The number of thiophene rings is 1. The van der Waals surface area contributed by atoms with Gasteiger partial charge in [-0.1, -0.05) is 42.1 Å². The number of thioether (sulfide) groups is 1. The van der Waals surface area contributed by atoms with Crippen LogP contribution >= 0.6 is 23.1 Å². The Morgan fingerprint density at radius 1 is 1.10 bits per heavy atom. The van der Waals surface area contributed by atoms with Crippen LogP contribution in [0.4, 0.5) is 0 Å². The third-order valence-corrected chi connectivity index (χ3v) is 6.80. The number of ketones is 1. The van der Waals surface area contributed by atoms with Crippen molar-refractivity contribution in [1.82, 2.24) is 9.55 Å². The van der Waals surface area contributed by atoms with Gasteiger partial charge in [-0.15, -0.1) is 11.3 Å². The first-order valence-electron chi connectivity index (χ1n) is 9.45. The number of hydrogen-bond donors (Lipinski definition) is 0. The summed E-state index contributed by atoms with van der Waals surface area (Å²) in [7, 11) is 4.76. The number of ether oxygens (including phenoxy) is 2. The van der Waals surface area contributed by atoms with E-state index in [9.17, 15) is 9.59 Å². The predicted octanol–water partition coefficient (Wildman–Crippen LogP) is 4.65. The molecule has 2 aromatic carbocycles. The van der Waals surface area contributed by atoms with Gasteiger partial charge in [0.15, 0.2) is 22.4 Å². The van der Waals surface area contributed by atoms with Gasteiger partial charge in [0.1, 0.15) is 4.83 Å². The van der Waals surface area contributed by atoms with Gasteiger partial charge in [-0.05, 0) is 23.8 Å². The van der Waals surface area contributed by atoms with Crippen molar-refractivity contribution < 1.29 is 14.3 Å². The summed E-state index contributed by atoms with van der Waals surface area (Å²) in [4.78, 5) is 31.1. The topological polar surface area (TPSA) is 70.4 Å². The van der Waals surface area contributed by atoms with Gasteiger partial charge >= 0.3 is 0 Å². The lowest BCUT2D eigenvalue weighted by Crippen LogP contribution is -2.20. The summed E-state index contributed by atoms with van der Waals surface area (Å²) in [5, 5.41) is 3.07. The fourth-order valence-corrected chi connectivity index (χ4v) is 5.09. The lowest BCUT2D eigenvalue weighted by molar-refractivity contribution is 0.102. The summed E-state index contributed by atoms with van der Waals surface area (Å²) in [5.41, 5.74) is 2.26. The average Bonchev–Trinajstić information content (AvgIpc) is 3.24. The Balaban J connectivity index is 1.60. The van der Waals surface area contributed by atoms with E-state index in [1.807, 2.05) is 35.7 Å². The third-order valence-electron chi connectivity index (χ3n) is 4.90. The molecule has 2 heterocycles. The molecule has 0 aliphatic rings. The van der Waals surface area contributed by atoms with Gasteiger partial charge < -0.3 is 9.47 Å². The highest BCUT2D eigenvalue weighted by Gasteiger charge is 2.17. The van der Waals surface area contributed by atoms with Crippen LogP contribution in [0.25, 0.3) is 21.3 Å². The molecule has 158 valence electrons. The van der Waals surface area contributed by atoms with E-state index in [4.69, 9.17) is 9.47 Å². The molecule has 0 unspecified atom stereocenters. The predicted molar refractivity (Wildman–Crippen MR) is 125 cm³/mol. The van der Waals surface area contributed by atoms with Crippen molar-refractivity contribution in [1.29, 1.82) is 0 Å². The van der Waals surface area contributed by atoms with Crippen molar-refractivity contribution in [2.24, 2.45) is 7.05 Å². The van der Waals surface area contributed by atoms with Crippen LogP contribution < -0.4 is 15.0 Å². The Labute approximate surface area is 187 Å². The summed E-state index contributed by atoms with van der Waals surface area (Å²) in [6, 6.07) is 14.8. The highest BCUT2D eigenvalue weighted by molar-refractivity contribution is 7.99. The van der Waals surface area contributed by atoms with Crippen LogP contribution in [-0.2, 0) is 7.05 Å². The van der Waals surface area contributed by atoms with Crippen LogP contribution in [0.15, 0.2) is 63.9 Å². The van der Waals surface area contributed by atoms with Crippen molar-refractivity contribution in [2.75, 3.05) is 20.0 Å². The van der Waals surface area contributed by atoms with Gasteiger partial charge in [0.2, 0.25) is 0 Å². The summed E-state index contributed by atoms with van der Waals surface area (Å²) < 4.78 is 12.0. The van der Waals surface area contributed by atoms with Gasteiger partial charge in [-0.3, -0.25) is 14.2 Å². The number of rotatable bonds is 7. The van der Waals surface area contributed by atoms with Crippen LogP contribution in [0.2, 0.25) is 0 Å². The Morgan fingerprint density at radius 3 is 2.55 bits per heavy atom. The molecule has 2 aromatic heterocycles. The maximum Gasteiger partial charge on any atom is 0.263 e. The van der Waals surface area contributed by atoms with E-state index in [0.717, 1.165) is 11.1 Å². The van der Waals surface area contributed by atoms with Crippen molar-refractivity contribution in [3.05, 3.63) is 69.8 Å². The number of carbonyl (C=O) groups excluding carboxylic acids is 1. The average molecular weight is 453 g/mol. The number of fused-ring (bicyclic) bond motifs is 1. The maximum atomic E-state index is 13.1. The van der Waals surface area contributed by atoms with Crippen molar-refractivity contribution in [2.45, 2.75) is 5.16 Å². The van der Waals surface area contributed by atoms with Crippen LogP contribution in [0.1, 0.15) is 10.4 Å². The van der Waals surface area contributed by atoms with E-state index in [2.05, 4.69) is 4.98 Å². The number of methoxy groups -OCH3 is 2. The quantitative estimate of drug-likeness (QED) is 0.231. The van der Waals surface area contributed by atoms with Crippen LogP contribution in [0.3, 0.4) is 0 Å². The fourth-order valence-electron chi connectivity index (χ4n) is 3.24. The molecule has 4 rings (SSSR count). The van der Waals surface area contributed by atoms with Gasteiger partial charge in [-0.2, -0.15) is 0 Å². The molecule has 0 saturated heterocycles. The van der Waals surface area contributed by atoms with E-state index in [1.54, 1.807) is 32.4 Å². The minimum absolute atomic E-state index is 0.0866. The zero-order valence-corrected chi connectivity index (χ0v) is 18.9.